The summed E-state index contributed by atoms with van der Waals surface area (Å²) in [5, 5.41) is 0. The molecule has 3 radical (unpaired) electrons. The fraction of sp³-hybridized carbons (Fsp3) is 0. The van der Waals surface area contributed by atoms with Crippen molar-refractivity contribution in [3.8, 4) is 0 Å². The van der Waals surface area contributed by atoms with Crippen LogP contribution in [0.1, 0.15) is 0 Å². The molecule has 0 amide bonds. The molecule has 0 aromatic rings. The van der Waals surface area contributed by atoms with Crippen LogP contribution in [-0.2, 0) is 0 Å². The number of rotatable bonds is 0. The second-order valence-electron chi connectivity index (χ2n) is 0.192. The van der Waals surface area contributed by atoms with E-state index in [1.165, 1.54) is 0 Å². The Morgan fingerprint density at radius 2 is 1.00 bits per heavy atom. The first-order chi connectivity index (χ1) is 1.73. The van der Waals surface area contributed by atoms with Gasteiger partial charge in [-0.1, -0.05) is 0 Å². The topological polar surface area (TPSA) is 0 Å². The number of hydrogen-bond donors (Lipinski definition) is 0. The Bertz CT molecular complexity index is 9.61. The minimum absolute atomic E-state index is 0. The zero-order valence-electron chi connectivity index (χ0n) is 2.03. The van der Waals surface area contributed by atoms with Crippen molar-refractivity contribution in [1.82, 2.24) is 0 Å². The van der Waals surface area contributed by atoms with Crippen molar-refractivity contribution in [2.45, 2.75) is 0 Å². The van der Waals surface area contributed by atoms with Crippen molar-refractivity contribution < 1.29 is 7.88 Å². The zero-order valence-corrected chi connectivity index (χ0v) is 8.98. The molecule has 0 atom stereocenters. The first kappa shape index (κ1) is 9.75. The molecule has 5 heteroatoms. The molecule has 5 heavy (non-hydrogen) atoms. The van der Waals surface area contributed by atoms with Crippen LogP contribution in [0.2, 0.25) is 0 Å². The quantitative estimate of drug-likeness (QED) is 0.449. The first-order valence-electron chi connectivity index (χ1n) is 0.507. The van der Waals surface area contributed by atoms with Gasteiger partial charge in [-0.2, -0.15) is 0 Å². The van der Waals surface area contributed by atoms with Crippen LogP contribution in [0, 0.1) is 0 Å². The molecule has 0 aliphatic carbocycles. The van der Waals surface area contributed by atoms with Gasteiger partial charge in [0.05, 0.1) is 0 Å². The van der Waals surface area contributed by atoms with Crippen LogP contribution in [-0.4, -0.2) is 49.8 Å². The van der Waals surface area contributed by atoms with Gasteiger partial charge in [0.2, 0.25) is 0 Å². The van der Waals surface area contributed by atoms with Crippen molar-refractivity contribution in [1.29, 1.82) is 0 Å². The third-order valence-electron chi connectivity index (χ3n) is 0. The van der Waals surface area contributed by atoms with Crippen molar-refractivity contribution in [2.24, 2.45) is 0 Å². The molecule has 0 unspecified atom stereocenters. The molecular formula is Bi2F3. The van der Waals surface area contributed by atoms with Crippen LogP contribution >= 0.6 is 0 Å². The number of halogens is 3. The van der Waals surface area contributed by atoms with E-state index in [0.717, 1.165) is 0 Å². The van der Waals surface area contributed by atoms with E-state index in [0.29, 0.717) is 0 Å². The standard InChI is InChI=1S/2Bi.3FH/h;;3*1H/q;+3;;;/p-3. The van der Waals surface area contributed by atoms with Gasteiger partial charge in [0.15, 0.2) is 0 Å². The molecule has 0 fully saturated rings. The normalized spacial score (nSPS) is 7.20. The molecule has 0 spiro atoms. The van der Waals surface area contributed by atoms with Gasteiger partial charge in [-0.05, 0) is 0 Å². The Morgan fingerprint density at radius 1 is 1.00 bits per heavy atom. The Balaban J connectivity index is 0. The second kappa shape index (κ2) is 5.56. The van der Waals surface area contributed by atoms with Crippen LogP contribution in [0.15, 0.2) is 0 Å². The van der Waals surface area contributed by atoms with E-state index < -0.39 is 23.6 Å². The van der Waals surface area contributed by atoms with Crippen LogP contribution in [0.4, 0.5) is 7.88 Å². The van der Waals surface area contributed by atoms with Gasteiger partial charge >= 0.3 is 31.5 Å². The average Bonchev–Trinajstić information content (AvgIpc) is 0.811. The summed E-state index contributed by atoms with van der Waals surface area (Å²) in [4.78, 5) is 0. The minimum atomic E-state index is -5.09. The van der Waals surface area contributed by atoms with E-state index in [4.69, 9.17) is 0 Å². The zero-order chi connectivity index (χ0) is 3.58. The van der Waals surface area contributed by atoms with E-state index in [9.17, 15) is 7.88 Å². The fourth-order valence-electron chi connectivity index (χ4n) is 0. The molecule has 0 saturated carbocycles. The summed E-state index contributed by atoms with van der Waals surface area (Å²) in [7, 11) is 0. The molecule has 0 nitrogen and oxygen atoms in total. The van der Waals surface area contributed by atoms with Gasteiger partial charge in [-0.25, -0.2) is 0 Å². The van der Waals surface area contributed by atoms with E-state index in [2.05, 4.69) is 0 Å². The Hall–Kier alpha value is 1.56. The van der Waals surface area contributed by atoms with E-state index in [1.807, 2.05) is 0 Å². The predicted molar refractivity (Wildman–Crippen MR) is 14.8 cm³/mol. The third-order valence-corrected chi connectivity index (χ3v) is 0. The molecule has 0 bridgehead atoms. The molecule has 0 aliphatic heterocycles. The monoisotopic (exact) mass is 475 g/mol. The predicted octanol–water partition coefficient (Wildman–Crippen LogP) is 0.499. The molecular weight excluding hydrogens is 475 g/mol. The summed E-state index contributed by atoms with van der Waals surface area (Å²) in [6.07, 6.45) is 0. The van der Waals surface area contributed by atoms with E-state index in [1.54, 1.807) is 0 Å². The first-order valence-corrected chi connectivity index (χ1v) is 4.45. The SMILES string of the molecule is [Bi].[F][Bi]([F])[F]. The summed E-state index contributed by atoms with van der Waals surface area (Å²) in [6.45, 7) is 0. The maximum absolute atomic E-state index is 9.87. The molecule has 0 aliphatic rings. The van der Waals surface area contributed by atoms with Crippen LogP contribution in [0.25, 0.3) is 0 Å². The van der Waals surface area contributed by atoms with Crippen LogP contribution in [0.5, 0.6) is 0 Å². The van der Waals surface area contributed by atoms with E-state index in [-0.39, 0.29) is 26.2 Å². The van der Waals surface area contributed by atoms with Gasteiger partial charge in [0.1, 0.15) is 0 Å². The summed E-state index contributed by atoms with van der Waals surface area (Å²) in [5.74, 6) is 0. The summed E-state index contributed by atoms with van der Waals surface area (Å²) >= 11 is -5.09. The molecule has 0 heterocycles. The maximum atomic E-state index is 9.87. The molecule has 0 aromatic heterocycles. The Labute approximate surface area is 57.2 Å². The summed E-state index contributed by atoms with van der Waals surface area (Å²) in [6, 6.07) is 0. The second-order valence-corrected chi connectivity index (χ2v) is 1.68. The van der Waals surface area contributed by atoms with Gasteiger partial charge in [0.25, 0.3) is 0 Å². The third kappa shape index (κ3) is 29.0. The van der Waals surface area contributed by atoms with Crippen LogP contribution in [0.3, 0.4) is 0 Å². The van der Waals surface area contributed by atoms with Gasteiger partial charge in [0, 0.05) is 26.2 Å². The Kier molecular flexibility index (Phi) is 10.8. The molecule has 0 rings (SSSR count). The number of hydrogen-bond acceptors (Lipinski definition) is 0. The summed E-state index contributed by atoms with van der Waals surface area (Å²) < 4.78 is 29.6. The van der Waals surface area contributed by atoms with Crippen molar-refractivity contribution in [3.05, 3.63) is 0 Å². The Morgan fingerprint density at radius 3 is 1.00 bits per heavy atom. The average molecular weight is 475 g/mol. The molecule has 0 N–H and O–H groups in total. The van der Waals surface area contributed by atoms with Gasteiger partial charge < -0.3 is 0 Å². The summed E-state index contributed by atoms with van der Waals surface area (Å²) in [5.41, 5.74) is 0. The van der Waals surface area contributed by atoms with Gasteiger partial charge in [-0.3, -0.25) is 0 Å². The van der Waals surface area contributed by atoms with Crippen molar-refractivity contribution in [3.63, 3.8) is 0 Å². The van der Waals surface area contributed by atoms with Crippen molar-refractivity contribution in [2.75, 3.05) is 0 Å². The molecule has 0 aromatic carbocycles. The van der Waals surface area contributed by atoms with E-state index >= 15 is 0 Å². The van der Waals surface area contributed by atoms with Gasteiger partial charge in [-0.15, -0.1) is 0 Å². The molecule has 0 saturated heterocycles. The molecule has 31 valence electrons. The van der Waals surface area contributed by atoms with Crippen molar-refractivity contribution >= 4 is 49.8 Å². The fourth-order valence-corrected chi connectivity index (χ4v) is 0. The van der Waals surface area contributed by atoms with Crippen LogP contribution < -0.4 is 0 Å².